The quantitative estimate of drug-likeness (QED) is 0.794. The van der Waals surface area contributed by atoms with Gasteiger partial charge in [0.15, 0.2) is 0 Å². The van der Waals surface area contributed by atoms with Crippen LogP contribution in [0.4, 0.5) is 0 Å². The van der Waals surface area contributed by atoms with Crippen LogP contribution in [0.3, 0.4) is 0 Å². The van der Waals surface area contributed by atoms with Crippen molar-refractivity contribution in [3.05, 3.63) is 32.9 Å². The number of hydrogen-bond donors (Lipinski definition) is 2. The number of rotatable bonds is 5. The number of halogens is 1. The van der Waals surface area contributed by atoms with Gasteiger partial charge in [-0.25, -0.2) is 0 Å². The van der Waals surface area contributed by atoms with Gasteiger partial charge in [0.25, 0.3) is 5.91 Å². The minimum atomic E-state index is -0.284. The van der Waals surface area contributed by atoms with Gasteiger partial charge in [-0.1, -0.05) is 19.9 Å². The number of amides is 1. The summed E-state index contributed by atoms with van der Waals surface area (Å²) in [5.41, 5.74) is 7.39. The molecule has 100 valence electrons. The molecule has 0 aromatic heterocycles. The van der Waals surface area contributed by atoms with E-state index in [9.17, 15) is 4.79 Å². The van der Waals surface area contributed by atoms with Gasteiger partial charge >= 0.3 is 0 Å². The van der Waals surface area contributed by atoms with E-state index in [0.29, 0.717) is 12.1 Å². The van der Waals surface area contributed by atoms with Gasteiger partial charge in [0, 0.05) is 15.7 Å². The monoisotopic (exact) mass is 360 g/mol. The maximum atomic E-state index is 12.2. The molecule has 0 radical (unpaired) electrons. The first kappa shape index (κ1) is 15.4. The molecule has 0 aliphatic carbocycles. The Morgan fingerprint density at radius 2 is 2.00 bits per heavy atom. The van der Waals surface area contributed by atoms with Crippen molar-refractivity contribution in [3.8, 4) is 0 Å². The molecular formula is C14H21IN2O. The van der Waals surface area contributed by atoms with Crippen molar-refractivity contribution in [2.24, 2.45) is 5.73 Å². The van der Waals surface area contributed by atoms with Crippen LogP contribution in [0.2, 0.25) is 0 Å². The molecule has 0 fully saturated rings. The zero-order chi connectivity index (χ0) is 13.8. The number of carbonyl (C=O) groups is 1. The fraction of sp³-hybridized carbons (Fsp3) is 0.500. The molecule has 1 amide bonds. The van der Waals surface area contributed by atoms with Gasteiger partial charge in [-0.2, -0.15) is 0 Å². The number of nitrogens with two attached hydrogens (primary N) is 1. The van der Waals surface area contributed by atoms with Gasteiger partial charge in [-0.3, -0.25) is 4.79 Å². The summed E-state index contributed by atoms with van der Waals surface area (Å²) in [4.78, 5) is 12.2. The van der Waals surface area contributed by atoms with Crippen LogP contribution in [-0.2, 0) is 0 Å². The zero-order valence-corrected chi connectivity index (χ0v) is 13.4. The molecule has 0 bridgehead atoms. The molecule has 3 N–H and O–H groups in total. The molecule has 0 atom stereocenters. The molecule has 1 aromatic rings. The summed E-state index contributed by atoms with van der Waals surface area (Å²) in [6.45, 7) is 6.60. The predicted molar refractivity (Wildman–Crippen MR) is 83.7 cm³/mol. The van der Waals surface area contributed by atoms with Gasteiger partial charge in [0.2, 0.25) is 0 Å². The van der Waals surface area contributed by atoms with Crippen molar-refractivity contribution in [2.75, 3.05) is 6.54 Å². The molecule has 1 rings (SSSR count). The van der Waals surface area contributed by atoms with E-state index in [1.165, 1.54) is 5.56 Å². The third kappa shape index (κ3) is 3.45. The SMILES string of the molecule is CCC(CC)(CN)NC(=O)c1ccc(C)c(I)c1. The maximum Gasteiger partial charge on any atom is 0.251 e. The van der Waals surface area contributed by atoms with Crippen molar-refractivity contribution < 1.29 is 4.79 Å². The topological polar surface area (TPSA) is 55.1 Å². The molecule has 18 heavy (non-hydrogen) atoms. The van der Waals surface area contributed by atoms with E-state index >= 15 is 0 Å². The van der Waals surface area contributed by atoms with E-state index < -0.39 is 0 Å². The zero-order valence-electron chi connectivity index (χ0n) is 11.2. The Hall–Kier alpha value is -0.620. The summed E-state index contributed by atoms with van der Waals surface area (Å²) >= 11 is 2.24. The van der Waals surface area contributed by atoms with Crippen LogP contribution in [0.1, 0.15) is 42.6 Å². The maximum absolute atomic E-state index is 12.2. The fourth-order valence-corrected chi connectivity index (χ4v) is 2.33. The Bertz CT molecular complexity index is 420. The van der Waals surface area contributed by atoms with Crippen molar-refractivity contribution >= 4 is 28.5 Å². The molecule has 4 heteroatoms. The second-order valence-electron chi connectivity index (χ2n) is 4.61. The summed E-state index contributed by atoms with van der Waals surface area (Å²) in [6, 6.07) is 5.75. The highest BCUT2D eigenvalue weighted by atomic mass is 127. The summed E-state index contributed by atoms with van der Waals surface area (Å²) in [5.74, 6) is -0.0398. The fourth-order valence-electron chi connectivity index (χ4n) is 1.81. The summed E-state index contributed by atoms with van der Waals surface area (Å²) < 4.78 is 1.10. The molecule has 0 aliphatic heterocycles. The first-order chi connectivity index (χ1) is 8.48. The van der Waals surface area contributed by atoms with Gasteiger partial charge < -0.3 is 11.1 Å². The number of benzene rings is 1. The lowest BCUT2D eigenvalue weighted by Crippen LogP contribution is -2.52. The smallest absolute Gasteiger partial charge is 0.251 e. The van der Waals surface area contributed by atoms with Crippen LogP contribution in [0.5, 0.6) is 0 Å². The predicted octanol–water partition coefficient (Wildman–Crippen LogP) is 2.85. The highest BCUT2D eigenvalue weighted by molar-refractivity contribution is 14.1. The largest absolute Gasteiger partial charge is 0.345 e. The Morgan fingerprint density at radius 1 is 1.39 bits per heavy atom. The standard InChI is InChI=1S/C14H21IN2O/c1-4-14(5-2,9-16)17-13(18)11-7-6-10(3)12(15)8-11/h6-8H,4-5,9,16H2,1-3H3,(H,17,18). The van der Waals surface area contributed by atoms with Crippen LogP contribution < -0.4 is 11.1 Å². The minimum absolute atomic E-state index is 0.0398. The third-order valence-electron chi connectivity index (χ3n) is 3.56. The second kappa shape index (κ2) is 6.52. The van der Waals surface area contributed by atoms with Crippen molar-refractivity contribution in [2.45, 2.75) is 39.2 Å². The average molecular weight is 360 g/mol. The minimum Gasteiger partial charge on any atom is -0.345 e. The molecule has 0 saturated heterocycles. The Labute approximate surface area is 123 Å². The lowest BCUT2D eigenvalue weighted by molar-refractivity contribution is 0.0895. The highest BCUT2D eigenvalue weighted by Crippen LogP contribution is 2.17. The Kier molecular flexibility index (Phi) is 5.59. The number of carbonyl (C=O) groups excluding carboxylic acids is 1. The van der Waals surface area contributed by atoms with Gasteiger partial charge in [0.1, 0.15) is 0 Å². The van der Waals surface area contributed by atoms with Crippen molar-refractivity contribution in [1.29, 1.82) is 0 Å². The van der Waals surface area contributed by atoms with Crippen LogP contribution >= 0.6 is 22.6 Å². The van der Waals surface area contributed by atoms with Crippen molar-refractivity contribution in [1.82, 2.24) is 5.32 Å². The van der Waals surface area contributed by atoms with E-state index in [0.717, 1.165) is 16.4 Å². The van der Waals surface area contributed by atoms with E-state index in [1.807, 2.05) is 25.1 Å². The third-order valence-corrected chi connectivity index (χ3v) is 4.72. The van der Waals surface area contributed by atoms with E-state index in [2.05, 4.69) is 41.8 Å². The molecule has 0 unspecified atom stereocenters. The van der Waals surface area contributed by atoms with E-state index in [1.54, 1.807) is 0 Å². The van der Waals surface area contributed by atoms with Crippen LogP contribution in [-0.4, -0.2) is 18.0 Å². The summed E-state index contributed by atoms with van der Waals surface area (Å²) in [5, 5.41) is 3.08. The first-order valence-corrected chi connectivity index (χ1v) is 7.34. The molecule has 0 spiro atoms. The van der Waals surface area contributed by atoms with Crippen molar-refractivity contribution in [3.63, 3.8) is 0 Å². The van der Waals surface area contributed by atoms with Crippen LogP contribution in [0, 0.1) is 10.5 Å². The van der Waals surface area contributed by atoms with Crippen LogP contribution in [0.25, 0.3) is 0 Å². The summed E-state index contributed by atoms with van der Waals surface area (Å²) in [7, 11) is 0. The number of aryl methyl sites for hydroxylation is 1. The molecular weight excluding hydrogens is 339 g/mol. The van der Waals surface area contributed by atoms with E-state index in [-0.39, 0.29) is 11.4 Å². The van der Waals surface area contributed by atoms with Gasteiger partial charge in [-0.05, 0) is 60.1 Å². The lowest BCUT2D eigenvalue weighted by atomic mass is 9.92. The first-order valence-electron chi connectivity index (χ1n) is 6.26. The molecule has 3 nitrogen and oxygen atoms in total. The second-order valence-corrected chi connectivity index (χ2v) is 5.77. The summed E-state index contributed by atoms with van der Waals surface area (Å²) in [6.07, 6.45) is 1.68. The number of nitrogens with one attached hydrogen (secondary N) is 1. The number of hydrogen-bond acceptors (Lipinski definition) is 2. The lowest BCUT2D eigenvalue weighted by Gasteiger charge is -2.31. The highest BCUT2D eigenvalue weighted by Gasteiger charge is 2.26. The van der Waals surface area contributed by atoms with Gasteiger partial charge in [-0.15, -0.1) is 0 Å². The average Bonchev–Trinajstić information content (AvgIpc) is 2.39. The Morgan fingerprint density at radius 3 is 2.44 bits per heavy atom. The molecule has 1 aromatic carbocycles. The molecule has 0 saturated carbocycles. The Balaban J connectivity index is 2.90. The molecule has 0 aliphatic rings. The van der Waals surface area contributed by atoms with E-state index in [4.69, 9.17) is 5.73 Å². The molecule has 0 heterocycles. The van der Waals surface area contributed by atoms with Gasteiger partial charge in [0.05, 0.1) is 5.54 Å². The normalized spacial score (nSPS) is 11.4. The van der Waals surface area contributed by atoms with Crippen LogP contribution in [0.15, 0.2) is 18.2 Å².